The highest BCUT2D eigenvalue weighted by Crippen LogP contribution is 2.34. The van der Waals surface area contributed by atoms with Gasteiger partial charge >= 0.3 is 6.09 Å². The Hall–Kier alpha value is -1.55. The Morgan fingerprint density at radius 1 is 1.21 bits per heavy atom. The average molecular weight is 260 g/mol. The number of carbonyl (C=O) groups excluding carboxylic acids is 1. The lowest BCUT2D eigenvalue weighted by Crippen LogP contribution is -2.47. The molecule has 1 spiro atoms. The first-order valence-corrected chi connectivity index (χ1v) is 6.99. The second kappa shape index (κ2) is 5.21. The molecule has 19 heavy (non-hydrogen) atoms. The highest BCUT2D eigenvalue weighted by atomic mass is 16.6. The van der Waals surface area contributed by atoms with Crippen molar-refractivity contribution >= 4 is 6.09 Å². The normalized spacial score (nSPS) is 27.4. The van der Waals surface area contributed by atoms with Crippen LogP contribution >= 0.6 is 0 Å². The number of carbonyl (C=O) groups is 1. The summed E-state index contributed by atoms with van der Waals surface area (Å²) >= 11 is 0. The molecule has 2 heterocycles. The van der Waals surface area contributed by atoms with Crippen molar-refractivity contribution in [2.75, 3.05) is 19.7 Å². The summed E-state index contributed by atoms with van der Waals surface area (Å²) in [5, 5.41) is 3.40. The van der Waals surface area contributed by atoms with E-state index in [1.807, 2.05) is 23.1 Å². The van der Waals surface area contributed by atoms with E-state index in [2.05, 4.69) is 17.4 Å². The minimum Gasteiger partial charge on any atom is -0.447 e. The van der Waals surface area contributed by atoms with Gasteiger partial charge in [0, 0.05) is 6.54 Å². The lowest BCUT2D eigenvalue weighted by molar-refractivity contribution is 0.137. The van der Waals surface area contributed by atoms with E-state index in [9.17, 15) is 4.79 Å². The largest absolute Gasteiger partial charge is 0.447 e. The summed E-state index contributed by atoms with van der Waals surface area (Å²) in [7, 11) is 0. The quantitative estimate of drug-likeness (QED) is 0.886. The predicted molar refractivity (Wildman–Crippen MR) is 72.8 cm³/mol. The Labute approximate surface area is 113 Å². The maximum atomic E-state index is 12.0. The number of ether oxygens (including phenoxy) is 1. The second-order valence-electron chi connectivity index (χ2n) is 5.45. The van der Waals surface area contributed by atoms with Crippen LogP contribution in [0.3, 0.4) is 0 Å². The van der Waals surface area contributed by atoms with Gasteiger partial charge in [-0.1, -0.05) is 30.3 Å². The first-order chi connectivity index (χ1) is 9.30. The number of hydrogen-bond acceptors (Lipinski definition) is 3. The number of cyclic esters (lactones) is 1. The predicted octanol–water partition coefficient (Wildman–Crippen LogP) is 2.15. The summed E-state index contributed by atoms with van der Waals surface area (Å²) in [4.78, 5) is 14.0. The zero-order valence-corrected chi connectivity index (χ0v) is 11.1. The Morgan fingerprint density at radius 2 is 2.05 bits per heavy atom. The molecule has 2 aliphatic rings. The lowest BCUT2D eigenvalue weighted by atomic mass is 9.90. The molecule has 1 unspecified atom stereocenters. The van der Waals surface area contributed by atoms with Crippen molar-refractivity contribution in [2.24, 2.45) is 0 Å². The van der Waals surface area contributed by atoms with Gasteiger partial charge in [-0.25, -0.2) is 4.79 Å². The van der Waals surface area contributed by atoms with Gasteiger partial charge in [0.05, 0.1) is 5.54 Å². The Morgan fingerprint density at radius 3 is 2.89 bits per heavy atom. The first kappa shape index (κ1) is 12.5. The summed E-state index contributed by atoms with van der Waals surface area (Å²) < 4.78 is 5.35. The molecule has 2 fully saturated rings. The van der Waals surface area contributed by atoms with Crippen molar-refractivity contribution in [1.82, 2.24) is 10.2 Å². The molecule has 0 saturated carbocycles. The van der Waals surface area contributed by atoms with Gasteiger partial charge in [-0.3, -0.25) is 4.90 Å². The van der Waals surface area contributed by atoms with Crippen molar-refractivity contribution in [2.45, 2.75) is 31.3 Å². The fourth-order valence-electron chi connectivity index (χ4n) is 3.07. The molecule has 102 valence electrons. The standard InChI is InChI=1S/C15H20N2O2/c18-14-17(11-13-5-2-1-3-6-13)15(12-19-14)7-4-9-16-10-8-15/h1-3,5-6,16H,4,7-12H2. The highest BCUT2D eigenvalue weighted by Gasteiger charge is 2.46. The van der Waals surface area contributed by atoms with Crippen molar-refractivity contribution in [3.05, 3.63) is 35.9 Å². The number of hydrogen-bond donors (Lipinski definition) is 1. The van der Waals surface area contributed by atoms with Gasteiger partial charge in [0.2, 0.25) is 0 Å². The van der Waals surface area contributed by atoms with Gasteiger partial charge in [0.15, 0.2) is 0 Å². The molecule has 1 atom stereocenters. The Kier molecular flexibility index (Phi) is 3.42. The van der Waals surface area contributed by atoms with E-state index in [1.54, 1.807) is 0 Å². The maximum absolute atomic E-state index is 12.0. The van der Waals surface area contributed by atoms with Crippen LogP contribution in [0.15, 0.2) is 30.3 Å². The van der Waals surface area contributed by atoms with E-state index in [-0.39, 0.29) is 11.6 Å². The zero-order chi connectivity index (χ0) is 13.1. The van der Waals surface area contributed by atoms with Crippen LogP contribution in [-0.4, -0.2) is 36.2 Å². The molecule has 1 aromatic rings. The molecular weight excluding hydrogens is 240 g/mol. The Bertz CT molecular complexity index is 439. The fourth-order valence-corrected chi connectivity index (χ4v) is 3.07. The second-order valence-corrected chi connectivity index (χ2v) is 5.45. The molecule has 0 bridgehead atoms. The van der Waals surface area contributed by atoms with Gasteiger partial charge in [0.25, 0.3) is 0 Å². The summed E-state index contributed by atoms with van der Waals surface area (Å²) in [6.45, 7) is 3.19. The molecule has 4 nitrogen and oxygen atoms in total. The van der Waals surface area contributed by atoms with E-state index in [1.165, 1.54) is 0 Å². The summed E-state index contributed by atoms with van der Waals surface area (Å²) in [5.41, 5.74) is 1.06. The van der Waals surface area contributed by atoms with Gasteiger partial charge < -0.3 is 10.1 Å². The molecule has 1 amide bonds. The molecular formula is C15H20N2O2. The number of rotatable bonds is 2. The molecule has 3 rings (SSSR count). The molecule has 1 aromatic carbocycles. The smallest absolute Gasteiger partial charge is 0.410 e. The van der Waals surface area contributed by atoms with Crippen LogP contribution in [-0.2, 0) is 11.3 Å². The van der Waals surface area contributed by atoms with Crippen LogP contribution in [0.5, 0.6) is 0 Å². The minimum atomic E-state index is -0.161. The van der Waals surface area contributed by atoms with Crippen LogP contribution in [0.4, 0.5) is 4.79 Å². The van der Waals surface area contributed by atoms with Crippen molar-refractivity contribution < 1.29 is 9.53 Å². The molecule has 0 aliphatic carbocycles. The average Bonchev–Trinajstić information content (AvgIpc) is 2.64. The molecule has 2 saturated heterocycles. The van der Waals surface area contributed by atoms with Crippen LogP contribution in [0, 0.1) is 0 Å². The number of nitrogens with zero attached hydrogens (tertiary/aromatic N) is 1. The Balaban J connectivity index is 1.81. The number of nitrogens with one attached hydrogen (secondary N) is 1. The van der Waals surface area contributed by atoms with E-state index in [0.29, 0.717) is 13.2 Å². The van der Waals surface area contributed by atoms with E-state index < -0.39 is 0 Å². The molecule has 0 radical (unpaired) electrons. The summed E-state index contributed by atoms with van der Waals surface area (Å²) in [6, 6.07) is 10.1. The monoisotopic (exact) mass is 260 g/mol. The minimum absolute atomic E-state index is 0.101. The fraction of sp³-hybridized carbons (Fsp3) is 0.533. The number of amides is 1. The maximum Gasteiger partial charge on any atom is 0.410 e. The van der Waals surface area contributed by atoms with Gasteiger partial charge in [-0.15, -0.1) is 0 Å². The molecule has 2 aliphatic heterocycles. The van der Waals surface area contributed by atoms with Crippen molar-refractivity contribution in [1.29, 1.82) is 0 Å². The van der Waals surface area contributed by atoms with Gasteiger partial charge in [0.1, 0.15) is 6.61 Å². The first-order valence-electron chi connectivity index (χ1n) is 6.99. The van der Waals surface area contributed by atoms with Crippen LogP contribution in [0.1, 0.15) is 24.8 Å². The van der Waals surface area contributed by atoms with Crippen LogP contribution in [0.2, 0.25) is 0 Å². The third-order valence-corrected chi connectivity index (χ3v) is 4.20. The summed E-state index contributed by atoms with van der Waals surface area (Å²) in [6.07, 6.45) is 2.94. The molecule has 4 heteroatoms. The SMILES string of the molecule is O=C1OCC2(CCCNCC2)N1Cc1ccccc1. The lowest BCUT2D eigenvalue weighted by Gasteiger charge is -2.34. The van der Waals surface area contributed by atoms with E-state index >= 15 is 0 Å². The summed E-state index contributed by atoms with van der Waals surface area (Å²) in [5.74, 6) is 0. The van der Waals surface area contributed by atoms with Crippen LogP contribution < -0.4 is 5.32 Å². The third kappa shape index (κ3) is 2.45. The van der Waals surface area contributed by atoms with E-state index in [0.717, 1.165) is 37.9 Å². The van der Waals surface area contributed by atoms with E-state index in [4.69, 9.17) is 4.74 Å². The zero-order valence-electron chi connectivity index (χ0n) is 11.1. The topological polar surface area (TPSA) is 41.6 Å². The number of benzene rings is 1. The third-order valence-electron chi connectivity index (χ3n) is 4.20. The van der Waals surface area contributed by atoms with Gasteiger partial charge in [-0.05, 0) is 37.9 Å². The van der Waals surface area contributed by atoms with Gasteiger partial charge in [-0.2, -0.15) is 0 Å². The molecule has 1 N–H and O–H groups in total. The highest BCUT2D eigenvalue weighted by molar-refractivity contribution is 5.71. The molecule has 0 aromatic heterocycles. The van der Waals surface area contributed by atoms with Crippen LogP contribution in [0.25, 0.3) is 0 Å². The van der Waals surface area contributed by atoms with Crippen molar-refractivity contribution in [3.8, 4) is 0 Å². The van der Waals surface area contributed by atoms with Crippen molar-refractivity contribution in [3.63, 3.8) is 0 Å².